The molecule has 1 fully saturated rings. The van der Waals surface area contributed by atoms with Gasteiger partial charge in [-0.05, 0) is 25.7 Å². The van der Waals surface area contributed by atoms with Gasteiger partial charge in [0.25, 0.3) is 0 Å². The van der Waals surface area contributed by atoms with E-state index < -0.39 is 0 Å². The molecule has 1 aromatic heterocycles. The number of rotatable bonds is 3. The van der Waals surface area contributed by atoms with Crippen molar-refractivity contribution in [3.63, 3.8) is 0 Å². The molecule has 0 saturated heterocycles. The van der Waals surface area contributed by atoms with Gasteiger partial charge in [0.05, 0.1) is 6.10 Å². The molecule has 3 heteroatoms. The molecule has 1 N–H and O–H groups in total. The lowest BCUT2D eigenvalue weighted by molar-refractivity contribution is 0.174. The Bertz CT molecular complexity index is 334. The van der Waals surface area contributed by atoms with Gasteiger partial charge in [0.15, 0.2) is 0 Å². The Morgan fingerprint density at radius 3 is 3.07 bits per heavy atom. The van der Waals surface area contributed by atoms with Gasteiger partial charge < -0.3 is 9.67 Å². The molecule has 2 rings (SSSR count). The third-order valence-corrected chi connectivity index (χ3v) is 3.44. The quantitative estimate of drug-likeness (QED) is 0.826. The van der Waals surface area contributed by atoms with Crippen LogP contribution in [0.2, 0.25) is 0 Å². The van der Waals surface area contributed by atoms with Crippen LogP contribution in [0.15, 0.2) is 12.4 Å². The van der Waals surface area contributed by atoms with Crippen LogP contribution in [0, 0.1) is 0 Å². The zero-order chi connectivity index (χ0) is 10.9. The molecule has 0 radical (unpaired) electrons. The summed E-state index contributed by atoms with van der Waals surface area (Å²) in [4.78, 5) is 4.47. The molecule has 0 bridgehead atoms. The van der Waals surface area contributed by atoms with Crippen LogP contribution in [-0.2, 0) is 12.0 Å². The van der Waals surface area contributed by atoms with Crippen LogP contribution in [0.3, 0.4) is 0 Å². The first-order valence-electron chi connectivity index (χ1n) is 5.85. The Morgan fingerprint density at radius 1 is 1.67 bits per heavy atom. The average molecular weight is 208 g/mol. The SMILES string of the molecule is CCCn1ccnc1C1(C)CCC(O)C1. The summed E-state index contributed by atoms with van der Waals surface area (Å²) in [5.74, 6) is 1.15. The van der Waals surface area contributed by atoms with Crippen molar-refractivity contribution >= 4 is 0 Å². The van der Waals surface area contributed by atoms with E-state index in [4.69, 9.17) is 0 Å². The van der Waals surface area contributed by atoms with Crippen molar-refractivity contribution in [3.8, 4) is 0 Å². The van der Waals surface area contributed by atoms with Crippen molar-refractivity contribution in [1.82, 2.24) is 9.55 Å². The molecule has 0 amide bonds. The number of hydrogen-bond donors (Lipinski definition) is 1. The molecule has 1 saturated carbocycles. The van der Waals surface area contributed by atoms with Crippen LogP contribution in [0.25, 0.3) is 0 Å². The van der Waals surface area contributed by atoms with Gasteiger partial charge in [-0.3, -0.25) is 0 Å². The molecular weight excluding hydrogens is 188 g/mol. The lowest BCUT2D eigenvalue weighted by Gasteiger charge is -2.24. The second kappa shape index (κ2) is 3.97. The van der Waals surface area contributed by atoms with Gasteiger partial charge in [-0.1, -0.05) is 13.8 Å². The van der Waals surface area contributed by atoms with Crippen molar-refractivity contribution in [3.05, 3.63) is 18.2 Å². The number of imidazole rings is 1. The van der Waals surface area contributed by atoms with Crippen LogP contribution in [0.4, 0.5) is 0 Å². The molecule has 1 aliphatic rings. The second-order valence-corrected chi connectivity index (χ2v) is 4.90. The summed E-state index contributed by atoms with van der Waals surface area (Å²) in [5, 5.41) is 9.65. The highest BCUT2D eigenvalue weighted by atomic mass is 16.3. The highest BCUT2D eigenvalue weighted by Gasteiger charge is 2.38. The van der Waals surface area contributed by atoms with Gasteiger partial charge in [-0.25, -0.2) is 4.98 Å². The third-order valence-electron chi connectivity index (χ3n) is 3.44. The van der Waals surface area contributed by atoms with Crippen LogP contribution in [0.5, 0.6) is 0 Å². The zero-order valence-electron chi connectivity index (χ0n) is 9.61. The number of nitrogens with zero attached hydrogens (tertiary/aromatic N) is 2. The molecule has 15 heavy (non-hydrogen) atoms. The number of hydrogen-bond acceptors (Lipinski definition) is 2. The summed E-state index contributed by atoms with van der Waals surface area (Å²) in [6, 6.07) is 0. The Morgan fingerprint density at radius 2 is 2.47 bits per heavy atom. The highest BCUT2D eigenvalue weighted by molar-refractivity contribution is 5.12. The fraction of sp³-hybridized carbons (Fsp3) is 0.750. The monoisotopic (exact) mass is 208 g/mol. The maximum atomic E-state index is 9.65. The van der Waals surface area contributed by atoms with E-state index in [0.717, 1.165) is 38.1 Å². The predicted octanol–water partition coefficient (Wildman–Crippen LogP) is 2.10. The number of aryl methyl sites for hydroxylation is 1. The van der Waals surface area contributed by atoms with Crippen LogP contribution in [-0.4, -0.2) is 20.8 Å². The van der Waals surface area contributed by atoms with E-state index in [9.17, 15) is 5.11 Å². The van der Waals surface area contributed by atoms with Gasteiger partial charge in [0.1, 0.15) is 5.82 Å². The van der Waals surface area contributed by atoms with Crippen molar-refractivity contribution in [2.75, 3.05) is 0 Å². The number of aliphatic hydroxyl groups is 1. The van der Waals surface area contributed by atoms with Gasteiger partial charge in [-0.2, -0.15) is 0 Å². The summed E-state index contributed by atoms with van der Waals surface area (Å²) in [7, 11) is 0. The van der Waals surface area contributed by atoms with Crippen molar-refractivity contribution in [2.24, 2.45) is 0 Å². The summed E-state index contributed by atoms with van der Waals surface area (Å²) in [6.45, 7) is 5.42. The van der Waals surface area contributed by atoms with Gasteiger partial charge in [-0.15, -0.1) is 0 Å². The van der Waals surface area contributed by atoms with E-state index in [1.807, 2.05) is 6.20 Å². The van der Waals surface area contributed by atoms with E-state index in [1.54, 1.807) is 0 Å². The zero-order valence-corrected chi connectivity index (χ0v) is 9.61. The first-order valence-corrected chi connectivity index (χ1v) is 5.85. The molecule has 2 unspecified atom stereocenters. The standard InChI is InChI=1S/C12H20N2O/c1-3-7-14-8-6-13-11(14)12(2)5-4-10(15)9-12/h6,8,10,15H,3-5,7,9H2,1-2H3. The highest BCUT2D eigenvalue weighted by Crippen LogP contribution is 2.39. The summed E-state index contributed by atoms with van der Waals surface area (Å²) < 4.78 is 2.23. The van der Waals surface area contributed by atoms with E-state index in [1.165, 1.54) is 0 Å². The first kappa shape index (κ1) is 10.7. The minimum absolute atomic E-state index is 0.0814. The first-order chi connectivity index (χ1) is 7.15. The average Bonchev–Trinajstić information content (AvgIpc) is 2.75. The molecule has 0 spiro atoms. The lowest BCUT2D eigenvalue weighted by Crippen LogP contribution is -2.24. The summed E-state index contributed by atoms with van der Waals surface area (Å²) in [5.41, 5.74) is 0.0814. The minimum atomic E-state index is -0.137. The maximum Gasteiger partial charge on any atom is 0.114 e. The van der Waals surface area contributed by atoms with Crippen molar-refractivity contribution in [2.45, 2.75) is 57.6 Å². The maximum absolute atomic E-state index is 9.65. The van der Waals surface area contributed by atoms with Crippen LogP contribution in [0.1, 0.15) is 45.4 Å². The Hall–Kier alpha value is -0.830. The molecule has 0 aromatic carbocycles. The smallest absolute Gasteiger partial charge is 0.114 e. The Labute approximate surface area is 91.1 Å². The minimum Gasteiger partial charge on any atom is -0.393 e. The topological polar surface area (TPSA) is 38.0 Å². The van der Waals surface area contributed by atoms with Gasteiger partial charge in [0.2, 0.25) is 0 Å². The second-order valence-electron chi connectivity index (χ2n) is 4.90. The van der Waals surface area contributed by atoms with Gasteiger partial charge >= 0.3 is 0 Å². The summed E-state index contributed by atoms with van der Waals surface area (Å²) in [6.07, 6.45) is 7.73. The number of aliphatic hydroxyl groups excluding tert-OH is 1. The van der Waals surface area contributed by atoms with Gasteiger partial charge in [0, 0.05) is 24.4 Å². The van der Waals surface area contributed by atoms with E-state index in [-0.39, 0.29) is 11.5 Å². The third kappa shape index (κ3) is 1.93. The van der Waals surface area contributed by atoms with Crippen molar-refractivity contribution < 1.29 is 5.11 Å². The van der Waals surface area contributed by atoms with E-state index in [2.05, 4.69) is 29.6 Å². The fourth-order valence-electron chi connectivity index (χ4n) is 2.67. The van der Waals surface area contributed by atoms with Crippen LogP contribution >= 0.6 is 0 Å². The molecular formula is C12H20N2O. The Kier molecular flexibility index (Phi) is 2.83. The van der Waals surface area contributed by atoms with E-state index in [0.29, 0.717) is 0 Å². The fourth-order valence-corrected chi connectivity index (χ4v) is 2.67. The van der Waals surface area contributed by atoms with Crippen molar-refractivity contribution in [1.29, 1.82) is 0 Å². The normalized spacial score (nSPS) is 31.0. The number of aromatic nitrogens is 2. The van der Waals surface area contributed by atoms with E-state index >= 15 is 0 Å². The molecule has 1 heterocycles. The largest absolute Gasteiger partial charge is 0.393 e. The van der Waals surface area contributed by atoms with Crippen LogP contribution < -0.4 is 0 Å². The lowest BCUT2D eigenvalue weighted by atomic mass is 9.87. The molecule has 1 aliphatic carbocycles. The molecule has 84 valence electrons. The summed E-state index contributed by atoms with van der Waals surface area (Å²) >= 11 is 0. The Balaban J connectivity index is 2.24. The molecule has 3 nitrogen and oxygen atoms in total. The predicted molar refractivity (Wildman–Crippen MR) is 59.7 cm³/mol. The molecule has 1 aromatic rings. The molecule has 0 aliphatic heterocycles. The molecule has 2 atom stereocenters.